The number of anilines is 4. The fourth-order valence-electron chi connectivity index (χ4n) is 4.89. The number of phenolic OH excluding ortho intramolecular Hbond substituents is 1. The lowest BCUT2D eigenvalue weighted by molar-refractivity contribution is 0.481. The molecule has 6 aromatic rings. The Morgan fingerprint density at radius 1 is 0.711 bits per heavy atom. The first kappa shape index (κ1) is 29.9. The van der Waals surface area contributed by atoms with Crippen LogP contribution >= 0.6 is 11.6 Å². The number of rotatable bonds is 7. The van der Waals surface area contributed by atoms with Crippen molar-refractivity contribution < 1.29 is 18.1 Å². The van der Waals surface area contributed by atoms with E-state index in [0.29, 0.717) is 39.1 Å². The Labute approximate surface area is 263 Å². The van der Waals surface area contributed by atoms with E-state index in [4.69, 9.17) is 11.6 Å². The summed E-state index contributed by atoms with van der Waals surface area (Å²) in [6.07, 6.45) is 0. The van der Waals surface area contributed by atoms with Crippen LogP contribution in [0.1, 0.15) is 16.7 Å². The number of azo groups is 1. The topological polar surface area (TPSA) is 162 Å². The van der Waals surface area contributed by atoms with Gasteiger partial charge in [0, 0.05) is 16.8 Å². The molecule has 1 aromatic heterocycles. The number of aromatic hydroxyl groups is 1. The number of hydrogen-bond acceptors (Lipinski definition) is 10. The molecule has 0 aliphatic carbocycles. The number of nitrogens with zero attached hydrogens (tertiary/aromatic N) is 5. The summed E-state index contributed by atoms with van der Waals surface area (Å²) in [5.74, 6) is 0.403. The lowest BCUT2D eigenvalue weighted by Gasteiger charge is -2.12. The standard InChI is InChI=1S/C32H26ClN7O4S/c1-17-4-7-22(8-5-17)39-40-28-19(3)12-21-14-23(10-11-26(21)29(28)41)34-31-36-30(33)37-32(38-31)35-24-9-6-20-15-25(45(42,43)44)13-18(2)27(20)16-24/h4-16,41H,1-3H3,(H,42,43,44)(H2,34,35,36,37,38). The average Bonchev–Trinajstić information content (AvgIpc) is 2.97. The molecule has 226 valence electrons. The van der Waals surface area contributed by atoms with E-state index in [2.05, 4.69) is 35.8 Å². The van der Waals surface area contributed by atoms with Gasteiger partial charge in [-0.25, -0.2) is 0 Å². The van der Waals surface area contributed by atoms with Crippen LogP contribution in [-0.4, -0.2) is 33.0 Å². The molecule has 45 heavy (non-hydrogen) atoms. The molecular weight excluding hydrogens is 614 g/mol. The molecule has 0 fully saturated rings. The fraction of sp³-hybridized carbons (Fsp3) is 0.0938. The second kappa shape index (κ2) is 11.7. The maximum atomic E-state index is 11.6. The number of hydrogen-bond donors (Lipinski definition) is 4. The number of benzene rings is 5. The molecule has 0 saturated carbocycles. The number of halogens is 1. The van der Waals surface area contributed by atoms with Crippen molar-refractivity contribution in [2.75, 3.05) is 10.6 Å². The number of aryl methyl sites for hydroxylation is 3. The van der Waals surface area contributed by atoms with E-state index in [0.717, 1.165) is 21.9 Å². The Balaban J connectivity index is 1.24. The third-order valence-corrected chi connectivity index (χ3v) is 8.13. The molecule has 0 radical (unpaired) electrons. The molecule has 0 saturated heterocycles. The van der Waals surface area contributed by atoms with Crippen molar-refractivity contribution in [3.8, 4) is 5.75 Å². The average molecular weight is 640 g/mol. The maximum absolute atomic E-state index is 11.6. The minimum atomic E-state index is -4.33. The highest BCUT2D eigenvalue weighted by Gasteiger charge is 2.14. The largest absolute Gasteiger partial charge is 0.505 e. The van der Waals surface area contributed by atoms with E-state index in [1.54, 1.807) is 31.2 Å². The van der Waals surface area contributed by atoms with Gasteiger partial charge < -0.3 is 15.7 Å². The molecule has 0 atom stereocenters. The summed E-state index contributed by atoms with van der Waals surface area (Å²) < 4.78 is 32.6. The molecule has 5 aromatic carbocycles. The number of aromatic nitrogens is 3. The zero-order valence-corrected chi connectivity index (χ0v) is 25.8. The Kier molecular flexibility index (Phi) is 7.79. The van der Waals surface area contributed by atoms with Gasteiger partial charge >= 0.3 is 0 Å². The number of fused-ring (bicyclic) bond motifs is 2. The highest BCUT2D eigenvalue weighted by molar-refractivity contribution is 7.85. The summed E-state index contributed by atoms with van der Waals surface area (Å²) in [7, 11) is -4.33. The van der Waals surface area contributed by atoms with Gasteiger partial charge in [-0.2, -0.15) is 28.5 Å². The minimum absolute atomic E-state index is 0.0296. The molecule has 4 N–H and O–H groups in total. The maximum Gasteiger partial charge on any atom is 0.294 e. The Bertz CT molecular complexity index is 2260. The van der Waals surface area contributed by atoms with E-state index in [1.165, 1.54) is 12.1 Å². The lowest BCUT2D eigenvalue weighted by atomic mass is 10.0. The van der Waals surface area contributed by atoms with Crippen molar-refractivity contribution in [2.24, 2.45) is 10.2 Å². The SMILES string of the molecule is Cc1ccc(N=Nc2c(C)cc3cc(Nc4nc(Cl)nc(Nc5ccc6cc(S(=O)(=O)O)cc(C)c6c5)n4)ccc3c2O)cc1. The minimum Gasteiger partial charge on any atom is -0.505 e. The van der Waals surface area contributed by atoms with E-state index in [-0.39, 0.29) is 27.8 Å². The molecule has 6 rings (SSSR count). The first-order chi connectivity index (χ1) is 21.4. The van der Waals surface area contributed by atoms with Crippen molar-refractivity contribution in [1.29, 1.82) is 0 Å². The molecule has 0 unspecified atom stereocenters. The van der Waals surface area contributed by atoms with Gasteiger partial charge in [-0.05, 0) is 120 Å². The second-order valence-corrected chi connectivity index (χ2v) is 12.3. The van der Waals surface area contributed by atoms with Gasteiger partial charge in [0.15, 0.2) is 5.75 Å². The molecule has 0 spiro atoms. The molecule has 0 aliphatic rings. The Hall–Kier alpha value is -5.17. The first-order valence-electron chi connectivity index (χ1n) is 13.7. The predicted molar refractivity (Wildman–Crippen MR) is 176 cm³/mol. The third-order valence-electron chi connectivity index (χ3n) is 7.13. The first-order valence-corrected chi connectivity index (χ1v) is 15.5. The van der Waals surface area contributed by atoms with Crippen LogP contribution in [-0.2, 0) is 10.1 Å². The monoisotopic (exact) mass is 639 g/mol. The van der Waals surface area contributed by atoms with E-state index >= 15 is 0 Å². The zero-order valence-electron chi connectivity index (χ0n) is 24.2. The van der Waals surface area contributed by atoms with Gasteiger partial charge in [0.2, 0.25) is 17.2 Å². The summed E-state index contributed by atoms with van der Waals surface area (Å²) in [6.45, 7) is 5.61. The van der Waals surface area contributed by atoms with Crippen LogP contribution in [0, 0.1) is 20.8 Å². The van der Waals surface area contributed by atoms with Gasteiger partial charge in [0.1, 0.15) is 5.69 Å². The van der Waals surface area contributed by atoms with Crippen LogP contribution in [0.15, 0.2) is 94.0 Å². The van der Waals surface area contributed by atoms with Gasteiger partial charge in [-0.3, -0.25) is 4.55 Å². The molecule has 0 bridgehead atoms. The van der Waals surface area contributed by atoms with Crippen LogP contribution in [0.5, 0.6) is 5.75 Å². The normalized spacial score (nSPS) is 11.8. The second-order valence-electron chi connectivity index (χ2n) is 10.5. The molecule has 0 amide bonds. The smallest absolute Gasteiger partial charge is 0.294 e. The quantitative estimate of drug-likeness (QED) is 0.0989. The summed E-state index contributed by atoms with van der Waals surface area (Å²) in [6, 6.07) is 23.0. The molecular formula is C32H26ClN7O4S. The summed E-state index contributed by atoms with van der Waals surface area (Å²) in [5.41, 5.74) is 4.91. The van der Waals surface area contributed by atoms with Crippen molar-refractivity contribution in [3.63, 3.8) is 0 Å². The lowest BCUT2D eigenvalue weighted by Crippen LogP contribution is -2.04. The van der Waals surface area contributed by atoms with Crippen molar-refractivity contribution in [1.82, 2.24) is 15.0 Å². The van der Waals surface area contributed by atoms with E-state index < -0.39 is 10.1 Å². The number of phenols is 1. The van der Waals surface area contributed by atoms with Crippen molar-refractivity contribution >= 4 is 77.9 Å². The summed E-state index contributed by atoms with van der Waals surface area (Å²) >= 11 is 6.22. The predicted octanol–water partition coefficient (Wildman–Crippen LogP) is 8.61. The number of nitrogens with one attached hydrogen (secondary N) is 2. The molecule has 13 heteroatoms. The van der Waals surface area contributed by atoms with Crippen molar-refractivity contribution in [2.45, 2.75) is 25.7 Å². The highest BCUT2D eigenvalue weighted by Crippen LogP contribution is 2.40. The van der Waals surface area contributed by atoms with Gasteiger partial charge in [-0.15, -0.1) is 5.11 Å². The molecule has 0 aliphatic heterocycles. The highest BCUT2D eigenvalue weighted by atomic mass is 35.5. The van der Waals surface area contributed by atoms with Gasteiger partial charge in [0.05, 0.1) is 10.6 Å². The summed E-state index contributed by atoms with van der Waals surface area (Å²) in [5, 5.41) is 28.6. The summed E-state index contributed by atoms with van der Waals surface area (Å²) in [4.78, 5) is 12.6. The zero-order chi connectivity index (χ0) is 31.9. The Morgan fingerprint density at radius 3 is 2.07 bits per heavy atom. The van der Waals surface area contributed by atoms with E-state index in [1.807, 2.05) is 56.3 Å². The Morgan fingerprint density at radius 2 is 1.38 bits per heavy atom. The fourth-order valence-corrected chi connectivity index (χ4v) is 5.66. The van der Waals surface area contributed by atoms with Crippen LogP contribution < -0.4 is 10.6 Å². The molecule has 11 nitrogen and oxygen atoms in total. The molecule has 1 heterocycles. The van der Waals surface area contributed by atoms with Gasteiger partial charge in [-0.1, -0.05) is 23.8 Å². The van der Waals surface area contributed by atoms with Crippen LogP contribution in [0.3, 0.4) is 0 Å². The third kappa shape index (κ3) is 6.53. The van der Waals surface area contributed by atoms with Gasteiger partial charge in [0.25, 0.3) is 10.1 Å². The van der Waals surface area contributed by atoms with Crippen LogP contribution in [0.4, 0.5) is 34.6 Å². The van der Waals surface area contributed by atoms with E-state index in [9.17, 15) is 18.1 Å². The van der Waals surface area contributed by atoms with Crippen molar-refractivity contribution in [3.05, 3.63) is 101 Å². The van der Waals surface area contributed by atoms with Crippen LogP contribution in [0.2, 0.25) is 5.28 Å². The van der Waals surface area contributed by atoms with Crippen LogP contribution in [0.25, 0.3) is 21.5 Å².